The first-order valence-electron chi connectivity index (χ1n) is 8.85. The molecule has 1 saturated heterocycles. The van der Waals surface area contributed by atoms with E-state index in [0.717, 1.165) is 0 Å². The third-order valence-electron chi connectivity index (χ3n) is 4.34. The minimum Gasteiger partial charge on any atom is -0.495 e. The van der Waals surface area contributed by atoms with Gasteiger partial charge in [0.2, 0.25) is 10.0 Å². The van der Waals surface area contributed by atoms with Crippen LogP contribution in [0, 0.1) is 0 Å². The zero-order chi connectivity index (χ0) is 20.9. The molecule has 1 fully saturated rings. The van der Waals surface area contributed by atoms with E-state index in [2.05, 4.69) is 10.9 Å². The van der Waals surface area contributed by atoms with Gasteiger partial charge in [-0.25, -0.2) is 8.42 Å². The van der Waals surface area contributed by atoms with Gasteiger partial charge in [0.1, 0.15) is 10.6 Å². The van der Waals surface area contributed by atoms with Gasteiger partial charge in [0, 0.05) is 24.2 Å². The van der Waals surface area contributed by atoms with Crippen molar-refractivity contribution in [3.05, 3.63) is 59.7 Å². The Morgan fingerprint density at radius 3 is 2.21 bits per heavy atom. The van der Waals surface area contributed by atoms with E-state index in [1.807, 2.05) is 0 Å². The van der Waals surface area contributed by atoms with Gasteiger partial charge in [-0.3, -0.25) is 20.4 Å². The topological polar surface area (TPSA) is 114 Å². The van der Waals surface area contributed by atoms with Crippen LogP contribution in [0.15, 0.2) is 53.4 Å². The molecule has 0 radical (unpaired) electrons. The molecule has 0 aromatic heterocycles. The summed E-state index contributed by atoms with van der Waals surface area (Å²) in [4.78, 5) is 24.4. The van der Waals surface area contributed by atoms with Gasteiger partial charge in [-0.2, -0.15) is 4.31 Å². The second-order valence-electron chi connectivity index (χ2n) is 6.16. The van der Waals surface area contributed by atoms with Gasteiger partial charge in [0.15, 0.2) is 0 Å². The number of methoxy groups -OCH3 is 1. The van der Waals surface area contributed by atoms with Crippen LogP contribution in [-0.4, -0.2) is 58.0 Å². The first-order valence-corrected chi connectivity index (χ1v) is 10.3. The standard InChI is InChI=1S/C19H21N3O6S/c1-27-16-8-7-15(13-17(16)29(25,26)22-9-11-28-12-10-22)19(24)21-20-18(23)14-5-3-2-4-6-14/h2-8,13H,9-12H2,1H3,(H,20,23)(H,21,24). The molecular formula is C19H21N3O6S. The van der Waals surface area contributed by atoms with Crippen LogP contribution >= 0.6 is 0 Å². The third-order valence-corrected chi connectivity index (χ3v) is 6.26. The lowest BCUT2D eigenvalue weighted by atomic mass is 10.2. The number of ether oxygens (including phenoxy) is 2. The zero-order valence-corrected chi connectivity index (χ0v) is 16.6. The maximum atomic E-state index is 13.0. The number of amides is 2. The van der Waals surface area contributed by atoms with E-state index in [0.29, 0.717) is 18.8 Å². The summed E-state index contributed by atoms with van der Waals surface area (Å²) in [6, 6.07) is 12.4. The molecular weight excluding hydrogens is 398 g/mol. The molecule has 0 aliphatic carbocycles. The number of benzene rings is 2. The number of nitrogens with one attached hydrogen (secondary N) is 2. The molecule has 2 aromatic carbocycles. The Morgan fingerprint density at radius 1 is 0.966 bits per heavy atom. The fourth-order valence-corrected chi connectivity index (χ4v) is 4.38. The highest BCUT2D eigenvalue weighted by molar-refractivity contribution is 7.89. The summed E-state index contributed by atoms with van der Waals surface area (Å²) >= 11 is 0. The maximum absolute atomic E-state index is 13.0. The van der Waals surface area contributed by atoms with E-state index in [9.17, 15) is 18.0 Å². The highest BCUT2D eigenvalue weighted by Crippen LogP contribution is 2.28. The second kappa shape index (κ2) is 9.03. The Hall–Kier alpha value is -2.95. The van der Waals surface area contributed by atoms with Gasteiger partial charge >= 0.3 is 0 Å². The van der Waals surface area contributed by atoms with Gasteiger partial charge in [-0.1, -0.05) is 18.2 Å². The van der Waals surface area contributed by atoms with Crippen LogP contribution in [0.3, 0.4) is 0 Å². The maximum Gasteiger partial charge on any atom is 0.269 e. The van der Waals surface area contributed by atoms with Crippen molar-refractivity contribution in [3.8, 4) is 5.75 Å². The quantitative estimate of drug-likeness (QED) is 0.693. The zero-order valence-electron chi connectivity index (χ0n) is 15.8. The molecule has 1 aliphatic heterocycles. The SMILES string of the molecule is COc1ccc(C(=O)NNC(=O)c2ccccc2)cc1S(=O)(=O)N1CCOCC1. The van der Waals surface area contributed by atoms with Gasteiger partial charge in [0.05, 0.1) is 20.3 Å². The molecule has 0 saturated carbocycles. The van der Waals surface area contributed by atoms with Crippen molar-refractivity contribution in [2.24, 2.45) is 0 Å². The molecule has 0 spiro atoms. The number of carbonyl (C=O) groups excluding carboxylic acids is 2. The molecule has 0 unspecified atom stereocenters. The normalized spacial score (nSPS) is 14.8. The van der Waals surface area contributed by atoms with Crippen molar-refractivity contribution in [3.63, 3.8) is 0 Å². The summed E-state index contributed by atoms with van der Waals surface area (Å²) in [6.07, 6.45) is 0. The highest BCUT2D eigenvalue weighted by atomic mass is 32.2. The molecule has 0 atom stereocenters. The van der Waals surface area contributed by atoms with E-state index in [4.69, 9.17) is 9.47 Å². The van der Waals surface area contributed by atoms with Crippen LogP contribution in [0.4, 0.5) is 0 Å². The lowest BCUT2D eigenvalue weighted by Crippen LogP contribution is -2.42. The Labute approximate surface area is 168 Å². The smallest absolute Gasteiger partial charge is 0.269 e. The number of hydrogen-bond acceptors (Lipinski definition) is 6. The molecule has 1 aliphatic rings. The predicted molar refractivity (Wildman–Crippen MR) is 104 cm³/mol. The van der Waals surface area contributed by atoms with Crippen molar-refractivity contribution >= 4 is 21.8 Å². The number of nitrogens with zero attached hydrogens (tertiary/aromatic N) is 1. The molecule has 1 heterocycles. The predicted octanol–water partition coefficient (Wildman–Crippen LogP) is 0.791. The van der Waals surface area contributed by atoms with Crippen LogP contribution in [-0.2, 0) is 14.8 Å². The van der Waals surface area contributed by atoms with Gasteiger partial charge < -0.3 is 9.47 Å². The van der Waals surface area contributed by atoms with Crippen molar-refractivity contribution < 1.29 is 27.5 Å². The Bertz CT molecular complexity index is 988. The summed E-state index contributed by atoms with van der Waals surface area (Å²) in [5.74, 6) is -1.02. The van der Waals surface area contributed by atoms with E-state index in [-0.39, 0.29) is 29.3 Å². The van der Waals surface area contributed by atoms with E-state index in [1.54, 1.807) is 30.3 Å². The number of hydrazine groups is 1. The Balaban J connectivity index is 1.79. The molecule has 2 amide bonds. The van der Waals surface area contributed by atoms with Crippen LogP contribution in [0.25, 0.3) is 0 Å². The van der Waals surface area contributed by atoms with Crippen LogP contribution in [0.2, 0.25) is 0 Å². The molecule has 0 bridgehead atoms. The molecule has 2 aromatic rings. The molecule has 2 N–H and O–H groups in total. The minimum atomic E-state index is -3.87. The van der Waals surface area contributed by atoms with Gasteiger partial charge in [-0.05, 0) is 30.3 Å². The van der Waals surface area contributed by atoms with Gasteiger partial charge in [0.25, 0.3) is 11.8 Å². The van der Waals surface area contributed by atoms with Crippen molar-refractivity contribution in [1.82, 2.24) is 15.2 Å². The van der Waals surface area contributed by atoms with Gasteiger partial charge in [-0.15, -0.1) is 0 Å². The lowest BCUT2D eigenvalue weighted by molar-refractivity contribution is 0.0729. The van der Waals surface area contributed by atoms with Crippen molar-refractivity contribution in [2.75, 3.05) is 33.4 Å². The summed E-state index contributed by atoms with van der Waals surface area (Å²) in [5, 5.41) is 0. The number of rotatable bonds is 5. The number of hydrogen-bond donors (Lipinski definition) is 2. The third kappa shape index (κ3) is 4.73. The lowest BCUT2D eigenvalue weighted by Gasteiger charge is -2.26. The summed E-state index contributed by atoms with van der Waals surface area (Å²) in [6.45, 7) is 1.03. The minimum absolute atomic E-state index is 0.0611. The molecule has 9 nitrogen and oxygen atoms in total. The summed E-state index contributed by atoms with van der Waals surface area (Å²) in [7, 11) is -2.52. The molecule has 3 rings (SSSR count). The number of morpholine rings is 1. The summed E-state index contributed by atoms with van der Waals surface area (Å²) < 4.78 is 37.6. The van der Waals surface area contributed by atoms with Crippen molar-refractivity contribution in [1.29, 1.82) is 0 Å². The van der Waals surface area contributed by atoms with Crippen LogP contribution in [0.1, 0.15) is 20.7 Å². The highest BCUT2D eigenvalue weighted by Gasteiger charge is 2.30. The largest absolute Gasteiger partial charge is 0.495 e. The van der Waals surface area contributed by atoms with E-state index < -0.39 is 21.8 Å². The number of sulfonamides is 1. The number of carbonyl (C=O) groups is 2. The van der Waals surface area contributed by atoms with Crippen LogP contribution in [0.5, 0.6) is 5.75 Å². The molecule has 10 heteroatoms. The Morgan fingerprint density at radius 2 is 1.59 bits per heavy atom. The van der Waals surface area contributed by atoms with E-state index >= 15 is 0 Å². The summed E-state index contributed by atoms with van der Waals surface area (Å²) in [5.41, 5.74) is 5.02. The first-order chi connectivity index (χ1) is 13.9. The average molecular weight is 419 g/mol. The molecule has 29 heavy (non-hydrogen) atoms. The van der Waals surface area contributed by atoms with E-state index in [1.165, 1.54) is 29.6 Å². The fourth-order valence-electron chi connectivity index (χ4n) is 2.79. The first kappa shape index (κ1) is 20.8. The fraction of sp³-hybridized carbons (Fsp3) is 0.263. The molecule has 154 valence electrons. The van der Waals surface area contributed by atoms with Crippen molar-refractivity contribution in [2.45, 2.75) is 4.90 Å². The second-order valence-corrected chi connectivity index (χ2v) is 8.06. The van der Waals surface area contributed by atoms with Crippen LogP contribution < -0.4 is 15.6 Å². The average Bonchev–Trinajstić information content (AvgIpc) is 2.77. The Kier molecular flexibility index (Phi) is 6.47. The monoisotopic (exact) mass is 419 g/mol.